The molecule has 0 unspecified atom stereocenters. The number of hydrogen-bond donors (Lipinski definition) is 11. The Morgan fingerprint density at radius 1 is 0.323 bits per heavy atom. The zero-order chi connectivity index (χ0) is 46.6. The van der Waals surface area contributed by atoms with Crippen LogP contribution in [0.4, 0.5) is 34.1 Å². The minimum absolute atomic E-state index is 0.0560. The third-order valence-corrected chi connectivity index (χ3v) is 10.2. The van der Waals surface area contributed by atoms with Crippen molar-refractivity contribution in [2.45, 2.75) is 39.0 Å². The number of guanidine groups is 5. The van der Waals surface area contributed by atoms with Gasteiger partial charge in [-0.2, -0.15) is 0 Å². The number of benzene rings is 6. The molecule has 0 heterocycles. The highest BCUT2D eigenvalue weighted by molar-refractivity contribution is 5.85. The van der Waals surface area contributed by atoms with Crippen molar-refractivity contribution in [3.8, 4) is 11.1 Å². The summed E-state index contributed by atoms with van der Waals surface area (Å²) in [5.41, 5.74) is 76.6. The molecule has 22 N–H and O–H groups in total. The number of rotatable bonds is 9. The molecule has 0 saturated heterocycles. The van der Waals surface area contributed by atoms with Crippen molar-refractivity contribution >= 4 is 69.8 Å². The normalized spacial score (nSPS) is 11.6. The summed E-state index contributed by atoms with van der Waals surface area (Å²) in [6.45, 7) is 1.78. The van der Waals surface area contributed by atoms with Crippen LogP contribution in [0.3, 0.4) is 0 Å². The molecule has 0 spiro atoms. The second-order valence-electron chi connectivity index (χ2n) is 15.4. The summed E-state index contributed by atoms with van der Waals surface area (Å²) in [4.78, 5) is 24.6. The van der Waals surface area contributed by atoms with E-state index in [1.54, 1.807) is 6.92 Å². The first-order valence-electron chi connectivity index (χ1n) is 20.5. The first-order chi connectivity index (χ1) is 31.1. The van der Waals surface area contributed by atoms with E-state index in [4.69, 9.17) is 63.1 Å². The maximum absolute atomic E-state index is 5.56. The van der Waals surface area contributed by atoms with Crippen LogP contribution < -0.4 is 63.1 Å². The Balaban J connectivity index is 0.000000162. The van der Waals surface area contributed by atoms with Gasteiger partial charge < -0.3 is 63.1 Å². The van der Waals surface area contributed by atoms with Gasteiger partial charge in [0.2, 0.25) is 0 Å². The molecule has 17 heteroatoms. The Hall–Kier alpha value is -8.86. The molecule has 17 nitrogen and oxygen atoms in total. The van der Waals surface area contributed by atoms with Crippen LogP contribution in [0.2, 0.25) is 0 Å². The Morgan fingerprint density at radius 2 is 0.600 bits per heavy atom. The molecule has 2 aliphatic carbocycles. The van der Waals surface area contributed by atoms with E-state index in [2.05, 4.69) is 54.2 Å². The second-order valence-corrected chi connectivity index (χ2v) is 15.4. The Morgan fingerprint density at radius 3 is 0.938 bits per heavy atom. The molecule has 0 fully saturated rings. The molecule has 0 aromatic heterocycles. The van der Waals surface area contributed by atoms with Gasteiger partial charge in [0.25, 0.3) is 0 Å². The SMILES string of the molecule is CC(N)=Nc1ccc(CCc2ccc(N=C(N)N)cc2)cc1.NC(N)=Nc1ccc2c(c1)Cc1cc(N=C(N)N)ccc1-2.NC(N)=Nc1ccc2c(c1)Cc1ccc(N=C(N)N)cc1C2. The van der Waals surface area contributed by atoms with Gasteiger partial charge in [0, 0.05) is 0 Å². The molecule has 332 valence electrons. The molecule has 65 heavy (non-hydrogen) atoms. The van der Waals surface area contributed by atoms with Gasteiger partial charge in [-0.1, -0.05) is 48.5 Å². The summed E-state index contributed by atoms with van der Waals surface area (Å²) < 4.78 is 0. The predicted molar refractivity (Wildman–Crippen MR) is 268 cm³/mol. The lowest BCUT2D eigenvalue weighted by Gasteiger charge is -2.20. The van der Waals surface area contributed by atoms with Gasteiger partial charge in [-0.05, 0) is 167 Å². The Kier molecular flexibility index (Phi) is 14.6. The molecule has 8 rings (SSSR count). The zero-order valence-corrected chi connectivity index (χ0v) is 36.1. The summed E-state index contributed by atoms with van der Waals surface area (Å²) in [6.07, 6.45) is 4.43. The molecule has 0 bridgehead atoms. The number of nitrogens with two attached hydrogens (primary N) is 11. The lowest BCUT2D eigenvalue weighted by molar-refractivity contribution is 0.960. The van der Waals surface area contributed by atoms with E-state index in [9.17, 15) is 0 Å². The highest BCUT2D eigenvalue weighted by Crippen LogP contribution is 2.40. The number of amidine groups is 1. The van der Waals surface area contributed by atoms with Crippen LogP contribution >= 0.6 is 0 Å². The van der Waals surface area contributed by atoms with Crippen LogP contribution in [0, 0.1) is 0 Å². The summed E-state index contributed by atoms with van der Waals surface area (Å²) in [6, 6.07) is 39.9. The van der Waals surface area contributed by atoms with Crippen molar-refractivity contribution in [3.63, 3.8) is 0 Å². The van der Waals surface area contributed by atoms with Gasteiger partial charge in [0.05, 0.1) is 40.0 Å². The smallest absolute Gasteiger partial charge is 0.191 e. The number of aryl methyl sites for hydroxylation is 2. The van der Waals surface area contributed by atoms with Crippen LogP contribution in [0.1, 0.15) is 51.4 Å². The van der Waals surface area contributed by atoms with Crippen molar-refractivity contribution in [2.24, 2.45) is 93.0 Å². The quantitative estimate of drug-likeness (QED) is 0.0711. The van der Waals surface area contributed by atoms with Gasteiger partial charge in [-0.3, -0.25) is 0 Å². The van der Waals surface area contributed by atoms with Crippen LogP contribution in [-0.2, 0) is 32.1 Å². The first kappa shape index (κ1) is 45.7. The summed E-state index contributed by atoms with van der Waals surface area (Å²) in [7, 11) is 0. The molecular formula is C48H55N17. The van der Waals surface area contributed by atoms with Crippen molar-refractivity contribution in [1.29, 1.82) is 0 Å². The average Bonchev–Trinajstić information content (AvgIpc) is 3.59. The van der Waals surface area contributed by atoms with E-state index in [1.807, 2.05) is 97.1 Å². The first-order valence-corrected chi connectivity index (χ1v) is 20.5. The number of hydrogen-bond acceptors (Lipinski definition) is 6. The van der Waals surface area contributed by atoms with Crippen molar-refractivity contribution < 1.29 is 0 Å². The molecule has 0 radical (unpaired) electrons. The van der Waals surface area contributed by atoms with E-state index < -0.39 is 0 Å². The van der Waals surface area contributed by atoms with Gasteiger partial charge >= 0.3 is 0 Å². The van der Waals surface area contributed by atoms with E-state index in [-0.39, 0.29) is 29.8 Å². The zero-order valence-electron chi connectivity index (χ0n) is 36.1. The lowest BCUT2D eigenvalue weighted by atomic mass is 9.85. The van der Waals surface area contributed by atoms with Crippen LogP contribution in [-0.4, -0.2) is 35.6 Å². The minimum atomic E-state index is 0.0560. The molecule has 6 aromatic carbocycles. The summed E-state index contributed by atoms with van der Waals surface area (Å²) in [5.74, 6) is 0.883. The van der Waals surface area contributed by atoms with E-state index >= 15 is 0 Å². The fraction of sp³-hybridized carbons (Fsp3) is 0.125. The third kappa shape index (κ3) is 13.3. The van der Waals surface area contributed by atoms with Gasteiger partial charge in [-0.15, -0.1) is 0 Å². The van der Waals surface area contributed by atoms with Crippen molar-refractivity contribution in [1.82, 2.24) is 0 Å². The Labute approximate surface area is 377 Å². The van der Waals surface area contributed by atoms with Gasteiger partial charge in [-0.25, -0.2) is 30.0 Å². The van der Waals surface area contributed by atoms with Gasteiger partial charge in [0.15, 0.2) is 29.8 Å². The van der Waals surface area contributed by atoms with Crippen LogP contribution in [0.25, 0.3) is 11.1 Å². The summed E-state index contributed by atoms with van der Waals surface area (Å²) in [5, 5.41) is 0. The predicted octanol–water partition coefficient (Wildman–Crippen LogP) is 4.44. The van der Waals surface area contributed by atoms with E-state index in [0.29, 0.717) is 5.84 Å². The number of aliphatic imine (C=N–C) groups is 6. The fourth-order valence-electron chi connectivity index (χ4n) is 7.48. The molecule has 2 aliphatic rings. The fourth-order valence-corrected chi connectivity index (χ4v) is 7.48. The largest absolute Gasteiger partial charge is 0.387 e. The van der Waals surface area contributed by atoms with Gasteiger partial charge in [0.1, 0.15) is 0 Å². The Bertz CT molecular complexity index is 2640. The maximum Gasteiger partial charge on any atom is 0.191 e. The monoisotopic (exact) mass is 869 g/mol. The maximum atomic E-state index is 5.56. The van der Waals surface area contributed by atoms with Crippen molar-refractivity contribution in [2.75, 3.05) is 0 Å². The molecule has 6 aromatic rings. The molecule has 0 saturated carbocycles. The number of fused-ring (bicyclic) bond motifs is 5. The minimum Gasteiger partial charge on any atom is -0.387 e. The molecular weight excluding hydrogens is 815 g/mol. The van der Waals surface area contributed by atoms with Crippen LogP contribution in [0.15, 0.2) is 151 Å². The molecule has 0 aliphatic heterocycles. The lowest BCUT2D eigenvalue weighted by Crippen LogP contribution is -2.22. The van der Waals surface area contributed by atoms with Crippen molar-refractivity contribution in [3.05, 3.63) is 166 Å². The molecule has 0 atom stereocenters. The standard InChI is InChI=1S/C17H21N5.C16H18N6.C15H16N6/c1-12(18)21-15-8-4-13(5-9-15)2-3-14-6-10-16(11-7-14)22-17(19)20;17-15(18)21-13-3-1-9-5-12-8-14(22-16(19)20)4-2-10(12)6-11(9)7-13;16-14(17)20-10-1-3-12-8(6-10)5-9-7-11(21-15(18)19)2-4-13(9)12/h4-11H,2-3H2,1H3,(H2,18,21)(H4,19,20,22);1-4,7-8H,5-6H2,(H4,17,18,21)(H4,19,20,22);1-4,6-7H,5H2,(H4,16,17,20)(H4,18,19,21). The highest BCUT2D eigenvalue weighted by Gasteiger charge is 2.19. The third-order valence-electron chi connectivity index (χ3n) is 10.2. The molecule has 0 amide bonds. The topological polar surface area (TPSA) is 360 Å². The second kappa shape index (κ2) is 20.8. The van der Waals surface area contributed by atoms with E-state index in [0.717, 1.165) is 66.2 Å². The summed E-state index contributed by atoms with van der Waals surface area (Å²) >= 11 is 0. The van der Waals surface area contributed by atoms with Crippen LogP contribution in [0.5, 0.6) is 0 Å². The highest BCUT2D eigenvalue weighted by atomic mass is 15.0. The van der Waals surface area contributed by atoms with E-state index in [1.165, 1.54) is 55.6 Å². The average molecular weight is 870 g/mol. The number of nitrogens with zero attached hydrogens (tertiary/aromatic N) is 6.